The number of anilines is 1. The highest BCUT2D eigenvalue weighted by Crippen LogP contribution is 2.18. The molecule has 0 aliphatic heterocycles. The van der Waals surface area contributed by atoms with Gasteiger partial charge in [-0.1, -0.05) is 25.5 Å². The van der Waals surface area contributed by atoms with Crippen molar-refractivity contribution in [2.75, 3.05) is 30.5 Å². The van der Waals surface area contributed by atoms with E-state index in [0.717, 1.165) is 37.2 Å². The molecule has 0 saturated heterocycles. The zero-order valence-electron chi connectivity index (χ0n) is 13.7. The maximum Gasteiger partial charge on any atom is 0.348 e. The molecule has 5 heteroatoms. The van der Waals surface area contributed by atoms with Crippen LogP contribution in [0.5, 0.6) is 0 Å². The van der Waals surface area contributed by atoms with E-state index < -0.39 is 5.97 Å². The molecular weight excluding hydrogens is 312 g/mol. The van der Waals surface area contributed by atoms with Crippen LogP contribution < -0.4 is 4.90 Å². The quantitative estimate of drug-likeness (QED) is 0.296. The molecule has 0 aromatic heterocycles. The van der Waals surface area contributed by atoms with Gasteiger partial charge in [-0.15, -0.1) is 11.6 Å². The maximum atomic E-state index is 11.6. The van der Waals surface area contributed by atoms with E-state index in [0.29, 0.717) is 5.88 Å². The fourth-order valence-electron chi connectivity index (χ4n) is 2.11. The molecule has 0 N–H and O–H groups in total. The Balaban J connectivity index is 2.89. The van der Waals surface area contributed by atoms with Gasteiger partial charge in [-0.05, 0) is 37.1 Å². The molecule has 23 heavy (non-hydrogen) atoms. The van der Waals surface area contributed by atoms with E-state index >= 15 is 0 Å². The van der Waals surface area contributed by atoms with Crippen molar-refractivity contribution < 1.29 is 9.53 Å². The van der Waals surface area contributed by atoms with Crippen molar-refractivity contribution >= 4 is 29.3 Å². The van der Waals surface area contributed by atoms with Crippen molar-refractivity contribution in [3.8, 4) is 6.07 Å². The van der Waals surface area contributed by atoms with E-state index in [1.165, 1.54) is 0 Å². The number of unbranched alkanes of at least 4 members (excludes halogenated alkanes) is 1. The number of hydrogen-bond acceptors (Lipinski definition) is 4. The number of carbonyl (C=O) groups excluding carboxylic acids is 1. The normalized spacial score (nSPS) is 11.0. The Morgan fingerprint density at radius 3 is 2.52 bits per heavy atom. The molecule has 0 saturated carbocycles. The van der Waals surface area contributed by atoms with Gasteiger partial charge in [0.05, 0.1) is 6.61 Å². The molecule has 0 radical (unpaired) electrons. The van der Waals surface area contributed by atoms with Crippen LogP contribution >= 0.6 is 11.6 Å². The molecule has 1 aromatic rings. The lowest BCUT2D eigenvalue weighted by Crippen LogP contribution is -2.26. The molecule has 0 fully saturated rings. The highest BCUT2D eigenvalue weighted by Gasteiger charge is 2.10. The zero-order valence-corrected chi connectivity index (χ0v) is 14.5. The van der Waals surface area contributed by atoms with Gasteiger partial charge in [-0.2, -0.15) is 5.26 Å². The van der Waals surface area contributed by atoms with Crippen molar-refractivity contribution in [1.29, 1.82) is 5.26 Å². The lowest BCUT2D eigenvalue weighted by Gasteiger charge is -2.23. The molecule has 0 heterocycles. The average Bonchev–Trinajstić information content (AvgIpc) is 2.57. The number of halogens is 1. The molecule has 0 atom stereocenters. The summed E-state index contributed by atoms with van der Waals surface area (Å²) in [6.45, 7) is 5.88. The smallest absolute Gasteiger partial charge is 0.348 e. The topological polar surface area (TPSA) is 53.3 Å². The number of alkyl halides is 1. The van der Waals surface area contributed by atoms with Gasteiger partial charge in [0.1, 0.15) is 11.6 Å². The van der Waals surface area contributed by atoms with Crippen molar-refractivity contribution in [3.63, 3.8) is 0 Å². The highest BCUT2D eigenvalue weighted by atomic mass is 35.5. The summed E-state index contributed by atoms with van der Waals surface area (Å²) >= 11 is 5.87. The number of esters is 1. The maximum absolute atomic E-state index is 11.6. The fraction of sp³-hybridized carbons (Fsp3) is 0.444. The third-order valence-corrected chi connectivity index (χ3v) is 3.49. The van der Waals surface area contributed by atoms with Crippen molar-refractivity contribution in [2.24, 2.45) is 0 Å². The van der Waals surface area contributed by atoms with Gasteiger partial charge in [0, 0.05) is 24.7 Å². The summed E-state index contributed by atoms with van der Waals surface area (Å²) in [4.78, 5) is 13.9. The number of ether oxygens (including phenoxy) is 1. The van der Waals surface area contributed by atoms with E-state index in [9.17, 15) is 4.79 Å². The van der Waals surface area contributed by atoms with Crippen LogP contribution in [-0.4, -0.2) is 31.5 Å². The monoisotopic (exact) mass is 334 g/mol. The molecule has 4 nitrogen and oxygen atoms in total. The lowest BCUT2D eigenvalue weighted by molar-refractivity contribution is -0.137. The van der Waals surface area contributed by atoms with Crippen LogP contribution in [0, 0.1) is 11.3 Å². The van der Waals surface area contributed by atoms with Crippen molar-refractivity contribution in [2.45, 2.75) is 26.7 Å². The number of hydrogen-bond donors (Lipinski definition) is 0. The predicted molar refractivity (Wildman–Crippen MR) is 94.5 cm³/mol. The molecule has 0 aliphatic rings. The van der Waals surface area contributed by atoms with Gasteiger partial charge in [0.15, 0.2) is 0 Å². The zero-order chi connectivity index (χ0) is 17.1. The second-order valence-electron chi connectivity index (χ2n) is 5.01. The highest BCUT2D eigenvalue weighted by molar-refractivity contribution is 6.18. The SMILES string of the molecule is CCCCN(CCCl)c1ccc(C=C(C#N)C(=O)OCC)cc1. The Bertz CT molecular complexity index is 561. The summed E-state index contributed by atoms with van der Waals surface area (Å²) in [5.74, 6) is -0.0157. The van der Waals surface area contributed by atoms with Crippen molar-refractivity contribution in [3.05, 3.63) is 35.4 Å². The molecule has 124 valence electrons. The fourth-order valence-corrected chi connectivity index (χ4v) is 2.32. The molecule has 1 rings (SSSR count). The summed E-state index contributed by atoms with van der Waals surface area (Å²) in [6, 6.07) is 9.62. The molecular formula is C18H23ClN2O2. The summed E-state index contributed by atoms with van der Waals surface area (Å²) in [6.07, 6.45) is 3.78. The standard InChI is InChI=1S/C18H23ClN2O2/c1-3-5-11-21(12-10-19)17-8-6-15(7-9-17)13-16(14-20)18(22)23-4-2/h6-9,13H,3-5,10-12H2,1-2H3. The van der Waals surface area contributed by atoms with Gasteiger partial charge in [0.25, 0.3) is 0 Å². The van der Waals surface area contributed by atoms with Crippen LogP contribution in [-0.2, 0) is 9.53 Å². The first-order valence-corrected chi connectivity index (χ1v) is 8.39. The predicted octanol–water partition coefficient (Wildman–Crippen LogP) is 4.00. The van der Waals surface area contributed by atoms with Crippen LogP contribution in [0.25, 0.3) is 6.08 Å². The van der Waals surface area contributed by atoms with Gasteiger partial charge >= 0.3 is 5.97 Å². The van der Waals surface area contributed by atoms with E-state index in [1.54, 1.807) is 13.0 Å². The van der Waals surface area contributed by atoms with Gasteiger partial charge in [-0.25, -0.2) is 4.79 Å². The Kier molecular flexibility index (Phi) is 8.86. The van der Waals surface area contributed by atoms with E-state index in [-0.39, 0.29) is 12.2 Å². The second kappa shape index (κ2) is 10.7. The van der Waals surface area contributed by atoms with Gasteiger partial charge in [0.2, 0.25) is 0 Å². The minimum absolute atomic E-state index is 0.00296. The number of benzene rings is 1. The molecule has 0 amide bonds. The Hall–Kier alpha value is -1.99. The first kappa shape index (κ1) is 19.1. The second-order valence-corrected chi connectivity index (χ2v) is 5.39. The van der Waals surface area contributed by atoms with Crippen LogP contribution in [0.4, 0.5) is 5.69 Å². The molecule has 0 unspecified atom stereocenters. The summed E-state index contributed by atoms with van der Waals surface area (Å²) in [5.41, 5.74) is 1.88. The van der Waals surface area contributed by atoms with Gasteiger partial charge in [-0.3, -0.25) is 0 Å². The first-order chi connectivity index (χ1) is 11.2. The lowest BCUT2D eigenvalue weighted by atomic mass is 10.1. The van der Waals surface area contributed by atoms with E-state index in [1.807, 2.05) is 30.3 Å². The third kappa shape index (κ3) is 6.33. The molecule has 1 aromatic carbocycles. The largest absolute Gasteiger partial charge is 0.462 e. The summed E-state index contributed by atoms with van der Waals surface area (Å²) < 4.78 is 4.85. The summed E-state index contributed by atoms with van der Waals surface area (Å²) in [7, 11) is 0. The van der Waals surface area contributed by atoms with Crippen LogP contribution in [0.3, 0.4) is 0 Å². The number of rotatable bonds is 9. The van der Waals surface area contributed by atoms with Crippen molar-refractivity contribution in [1.82, 2.24) is 0 Å². The average molecular weight is 335 g/mol. The summed E-state index contributed by atoms with van der Waals surface area (Å²) in [5, 5.41) is 9.05. The first-order valence-electron chi connectivity index (χ1n) is 7.86. The molecule has 0 bridgehead atoms. The van der Waals surface area contributed by atoms with E-state index in [4.69, 9.17) is 21.6 Å². The van der Waals surface area contributed by atoms with Crippen LogP contribution in [0.2, 0.25) is 0 Å². The van der Waals surface area contributed by atoms with Gasteiger partial charge < -0.3 is 9.64 Å². The number of nitriles is 1. The third-order valence-electron chi connectivity index (χ3n) is 3.32. The van der Waals surface area contributed by atoms with E-state index in [2.05, 4.69) is 11.8 Å². The molecule has 0 aliphatic carbocycles. The van der Waals surface area contributed by atoms with Crippen LogP contribution in [0.15, 0.2) is 29.8 Å². The Labute approximate surface area is 143 Å². The molecule has 0 spiro atoms. The minimum atomic E-state index is -0.592. The van der Waals surface area contributed by atoms with Crippen LogP contribution in [0.1, 0.15) is 32.3 Å². The Morgan fingerprint density at radius 2 is 2.00 bits per heavy atom. The Morgan fingerprint density at radius 1 is 1.30 bits per heavy atom. The minimum Gasteiger partial charge on any atom is -0.462 e. The number of nitrogens with zero attached hydrogens (tertiary/aromatic N) is 2. The number of carbonyl (C=O) groups is 1.